The molecule has 0 unspecified atom stereocenters. The van der Waals surface area contributed by atoms with Crippen molar-refractivity contribution in [2.75, 3.05) is 18.0 Å². The molecule has 1 aromatic rings. The van der Waals surface area contributed by atoms with Crippen molar-refractivity contribution in [1.82, 2.24) is 9.97 Å². The second kappa shape index (κ2) is 5.29. The van der Waals surface area contributed by atoms with Gasteiger partial charge in [-0.3, -0.25) is 0 Å². The SMILES string of the molecule is Cc1nc(Cl)c(C)c(N(CC#N)CC#N)n1. The highest BCUT2D eigenvalue weighted by Gasteiger charge is 2.14. The van der Waals surface area contributed by atoms with E-state index in [4.69, 9.17) is 22.1 Å². The highest BCUT2D eigenvalue weighted by molar-refractivity contribution is 6.30. The van der Waals surface area contributed by atoms with Gasteiger partial charge in [-0.1, -0.05) is 11.6 Å². The number of aryl methyl sites for hydroxylation is 1. The van der Waals surface area contributed by atoms with Gasteiger partial charge in [0.25, 0.3) is 0 Å². The summed E-state index contributed by atoms with van der Waals surface area (Å²) in [6.45, 7) is 3.67. The normalized spacial score (nSPS) is 9.31. The number of hydrogen-bond donors (Lipinski definition) is 0. The van der Waals surface area contributed by atoms with E-state index >= 15 is 0 Å². The van der Waals surface area contributed by atoms with Crippen LogP contribution in [0.2, 0.25) is 5.15 Å². The van der Waals surface area contributed by atoms with Crippen LogP contribution in [-0.2, 0) is 0 Å². The average molecular weight is 236 g/mol. The highest BCUT2D eigenvalue weighted by Crippen LogP contribution is 2.22. The van der Waals surface area contributed by atoms with Crippen molar-refractivity contribution in [3.8, 4) is 12.1 Å². The topological polar surface area (TPSA) is 76.6 Å². The smallest absolute Gasteiger partial charge is 0.138 e. The molecule has 0 spiro atoms. The quantitative estimate of drug-likeness (QED) is 0.588. The molecule has 0 amide bonds. The summed E-state index contributed by atoms with van der Waals surface area (Å²) < 4.78 is 0. The lowest BCUT2D eigenvalue weighted by molar-refractivity contribution is 0.897. The van der Waals surface area contributed by atoms with Gasteiger partial charge in [-0.25, -0.2) is 9.97 Å². The molecule has 1 aromatic heterocycles. The summed E-state index contributed by atoms with van der Waals surface area (Å²) in [5, 5.41) is 17.7. The molecule has 0 bridgehead atoms. The van der Waals surface area contributed by atoms with Crippen LogP contribution in [0.5, 0.6) is 0 Å². The number of nitriles is 2. The molecular formula is C10H10ClN5. The van der Waals surface area contributed by atoms with Gasteiger partial charge in [-0.05, 0) is 13.8 Å². The fourth-order valence-corrected chi connectivity index (χ4v) is 1.47. The first kappa shape index (κ1) is 12.2. The molecule has 0 radical (unpaired) electrons. The van der Waals surface area contributed by atoms with E-state index in [2.05, 4.69) is 9.97 Å². The summed E-state index contributed by atoms with van der Waals surface area (Å²) in [4.78, 5) is 9.76. The van der Waals surface area contributed by atoms with Crippen molar-refractivity contribution >= 4 is 17.4 Å². The van der Waals surface area contributed by atoms with Gasteiger partial charge in [0.1, 0.15) is 29.9 Å². The van der Waals surface area contributed by atoms with Crippen LogP contribution in [0.3, 0.4) is 0 Å². The summed E-state index contributed by atoms with van der Waals surface area (Å²) in [5.41, 5.74) is 0.678. The van der Waals surface area contributed by atoms with Crippen molar-refractivity contribution < 1.29 is 0 Å². The molecule has 0 saturated carbocycles. The largest absolute Gasteiger partial charge is 0.330 e. The molecule has 16 heavy (non-hydrogen) atoms. The molecule has 0 N–H and O–H groups in total. The maximum Gasteiger partial charge on any atom is 0.138 e. The summed E-state index contributed by atoms with van der Waals surface area (Å²) >= 11 is 5.92. The molecule has 82 valence electrons. The molecule has 0 atom stereocenters. The number of aromatic nitrogens is 2. The van der Waals surface area contributed by atoms with Gasteiger partial charge >= 0.3 is 0 Å². The Morgan fingerprint density at radius 1 is 1.19 bits per heavy atom. The third-order valence-electron chi connectivity index (χ3n) is 2.00. The Balaban J connectivity index is 3.19. The van der Waals surface area contributed by atoms with Crippen LogP contribution in [0.15, 0.2) is 0 Å². The molecule has 1 heterocycles. The Labute approximate surface area is 98.9 Å². The van der Waals surface area contributed by atoms with Crippen molar-refractivity contribution in [2.45, 2.75) is 13.8 Å². The first-order chi connectivity index (χ1) is 7.60. The summed E-state index contributed by atoms with van der Waals surface area (Å²) in [7, 11) is 0. The Morgan fingerprint density at radius 2 is 1.75 bits per heavy atom. The molecule has 0 aliphatic rings. The minimum atomic E-state index is 0.0984. The maximum atomic E-state index is 8.68. The molecule has 6 heteroatoms. The van der Waals surface area contributed by atoms with Crippen molar-refractivity contribution in [3.63, 3.8) is 0 Å². The molecular weight excluding hydrogens is 226 g/mol. The molecule has 0 fully saturated rings. The Morgan fingerprint density at radius 3 is 2.25 bits per heavy atom. The first-order valence-corrected chi connectivity index (χ1v) is 4.97. The molecule has 1 rings (SSSR count). The molecule has 0 aliphatic heterocycles. The minimum Gasteiger partial charge on any atom is -0.330 e. The molecule has 0 aromatic carbocycles. The van der Waals surface area contributed by atoms with E-state index in [1.165, 1.54) is 0 Å². The number of nitrogens with zero attached hydrogens (tertiary/aromatic N) is 5. The van der Waals surface area contributed by atoms with Crippen LogP contribution in [0.1, 0.15) is 11.4 Å². The van der Waals surface area contributed by atoms with Gasteiger partial charge in [0.15, 0.2) is 0 Å². The summed E-state index contributed by atoms with van der Waals surface area (Å²) in [6.07, 6.45) is 0. The highest BCUT2D eigenvalue weighted by atomic mass is 35.5. The van der Waals surface area contributed by atoms with Crippen molar-refractivity contribution in [2.24, 2.45) is 0 Å². The van der Waals surface area contributed by atoms with Gasteiger partial charge in [0, 0.05) is 5.56 Å². The third-order valence-corrected chi connectivity index (χ3v) is 2.36. The average Bonchev–Trinajstić information content (AvgIpc) is 2.23. The van der Waals surface area contributed by atoms with E-state index in [1.54, 1.807) is 18.7 Å². The summed E-state index contributed by atoms with van der Waals surface area (Å²) in [6, 6.07) is 3.98. The standard InChI is InChI=1S/C10H10ClN5/c1-7-9(11)14-8(2)15-10(7)16(5-3-12)6-4-13/h5-6H2,1-2H3. The lowest BCUT2D eigenvalue weighted by Gasteiger charge is -2.19. The number of rotatable bonds is 3. The van der Waals surface area contributed by atoms with Gasteiger partial charge in [0.2, 0.25) is 0 Å². The molecule has 0 saturated heterocycles. The lowest BCUT2D eigenvalue weighted by atomic mass is 10.3. The van der Waals surface area contributed by atoms with E-state index in [0.717, 1.165) is 0 Å². The monoisotopic (exact) mass is 235 g/mol. The van der Waals surface area contributed by atoms with E-state index < -0.39 is 0 Å². The molecule has 0 aliphatic carbocycles. The van der Waals surface area contributed by atoms with Crippen molar-refractivity contribution in [3.05, 3.63) is 16.5 Å². The van der Waals surface area contributed by atoms with E-state index in [0.29, 0.717) is 22.4 Å². The predicted octanol–water partition coefficient (Wildman–Crippen LogP) is 1.60. The van der Waals surface area contributed by atoms with Crippen LogP contribution in [0.4, 0.5) is 5.82 Å². The van der Waals surface area contributed by atoms with Crippen LogP contribution in [0, 0.1) is 36.5 Å². The van der Waals surface area contributed by atoms with Crippen LogP contribution < -0.4 is 4.90 Å². The van der Waals surface area contributed by atoms with Crippen molar-refractivity contribution in [1.29, 1.82) is 10.5 Å². The zero-order valence-corrected chi connectivity index (χ0v) is 9.78. The lowest BCUT2D eigenvalue weighted by Crippen LogP contribution is -2.26. The zero-order valence-electron chi connectivity index (χ0n) is 9.03. The Kier molecular flexibility index (Phi) is 4.04. The minimum absolute atomic E-state index is 0.0984. The summed E-state index contributed by atoms with van der Waals surface area (Å²) in [5.74, 6) is 1.06. The van der Waals surface area contributed by atoms with Crippen LogP contribution in [-0.4, -0.2) is 23.1 Å². The van der Waals surface area contributed by atoms with E-state index in [-0.39, 0.29) is 13.1 Å². The fraction of sp³-hybridized carbons (Fsp3) is 0.400. The van der Waals surface area contributed by atoms with Gasteiger partial charge in [0.05, 0.1) is 12.1 Å². The van der Waals surface area contributed by atoms with Crippen LogP contribution in [0.25, 0.3) is 0 Å². The van der Waals surface area contributed by atoms with E-state index in [9.17, 15) is 0 Å². The van der Waals surface area contributed by atoms with E-state index in [1.807, 2.05) is 12.1 Å². The first-order valence-electron chi connectivity index (χ1n) is 4.59. The maximum absolute atomic E-state index is 8.68. The number of halogens is 1. The number of hydrogen-bond acceptors (Lipinski definition) is 5. The second-order valence-corrected chi connectivity index (χ2v) is 3.54. The Bertz CT molecular complexity index is 455. The third kappa shape index (κ3) is 2.59. The Hall–Kier alpha value is -1.85. The van der Waals surface area contributed by atoms with Gasteiger partial charge < -0.3 is 4.90 Å². The van der Waals surface area contributed by atoms with Gasteiger partial charge in [-0.15, -0.1) is 0 Å². The van der Waals surface area contributed by atoms with Gasteiger partial charge in [-0.2, -0.15) is 10.5 Å². The second-order valence-electron chi connectivity index (χ2n) is 3.18. The number of anilines is 1. The predicted molar refractivity (Wildman–Crippen MR) is 60.0 cm³/mol. The van der Waals surface area contributed by atoms with Crippen LogP contribution >= 0.6 is 11.6 Å². The zero-order chi connectivity index (χ0) is 12.1. The molecule has 5 nitrogen and oxygen atoms in total. The fourth-order valence-electron chi connectivity index (χ4n) is 1.26.